The normalized spacial score (nSPS) is 11.9. The fraction of sp³-hybridized carbons (Fsp3) is 0.200. The second-order valence-corrected chi connectivity index (χ2v) is 6.59. The van der Waals surface area contributed by atoms with E-state index in [1.54, 1.807) is 18.3 Å². The van der Waals surface area contributed by atoms with Crippen molar-refractivity contribution >= 4 is 39.7 Å². The van der Waals surface area contributed by atoms with Crippen LogP contribution in [0.2, 0.25) is 0 Å². The van der Waals surface area contributed by atoms with Gasteiger partial charge in [-0.15, -0.1) is 0 Å². The van der Waals surface area contributed by atoms with E-state index in [1.165, 1.54) is 0 Å². The van der Waals surface area contributed by atoms with Gasteiger partial charge in [-0.05, 0) is 58.6 Å². The predicted molar refractivity (Wildman–Crippen MR) is 101 cm³/mol. The van der Waals surface area contributed by atoms with Crippen LogP contribution in [0, 0.1) is 0 Å². The molecule has 0 radical (unpaired) electrons. The first-order valence-corrected chi connectivity index (χ1v) is 9.06. The van der Waals surface area contributed by atoms with Gasteiger partial charge in [0.25, 0.3) is 5.91 Å². The number of nitrogens with one attached hydrogen (secondary N) is 1. The van der Waals surface area contributed by atoms with Gasteiger partial charge in [-0.2, -0.15) is 11.3 Å². The van der Waals surface area contributed by atoms with Crippen molar-refractivity contribution in [3.8, 4) is 0 Å². The van der Waals surface area contributed by atoms with E-state index in [2.05, 4.69) is 5.32 Å². The number of hydrogen-bond acceptors (Lipinski definition) is 4. The van der Waals surface area contributed by atoms with Crippen LogP contribution in [-0.4, -0.2) is 18.0 Å². The Hall–Kier alpha value is -2.66. The molecule has 0 saturated carbocycles. The van der Waals surface area contributed by atoms with E-state index in [9.17, 15) is 9.59 Å². The number of aryl methyl sites for hydroxylation is 1. The van der Waals surface area contributed by atoms with Crippen molar-refractivity contribution in [3.05, 3.63) is 64.9 Å². The maximum Gasteiger partial charge on any atom is 0.306 e. The summed E-state index contributed by atoms with van der Waals surface area (Å²) >= 11 is 1.60. The predicted octanol–water partition coefficient (Wildman–Crippen LogP) is 4.40. The van der Waals surface area contributed by atoms with E-state index in [0.717, 1.165) is 16.3 Å². The molecule has 0 spiro atoms. The van der Waals surface area contributed by atoms with Gasteiger partial charge < -0.3 is 10.1 Å². The molecule has 0 aliphatic carbocycles. The summed E-state index contributed by atoms with van der Waals surface area (Å²) in [6, 6.07) is 15.6. The van der Waals surface area contributed by atoms with Crippen molar-refractivity contribution in [1.82, 2.24) is 0 Å². The van der Waals surface area contributed by atoms with Crippen molar-refractivity contribution in [3.63, 3.8) is 0 Å². The molecule has 0 aliphatic heterocycles. The standard InChI is InChI=1S/C20H19NO3S/c1-14(24-19(22)9-6-15-10-11-25-13-15)20(23)21-18-8-7-16-4-2-3-5-17(16)12-18/h2-5,7-8,10-14H,6,9H2,1H3,(H,21,23)/t14-/m0/s1. The number of thiophene rings is 1. The number of esters is 1. The first-order chi connectivity index (χ1) is 12.1. The number of carbonyl (C=O) groups excluding carboxylic acids is 2. The second kappa shape index (κ2) is 7.94. The first kappa shape index (κ1) is 17.2. The van der Waals surface area contributed by atoms with Crippen LogP contribution in [0.4, 0.5) is 5.69 Å². The lowest BCUT2D eigenvalue weighted by atomic mass is 10.1. The Balaban J connectivity index is 1.53. The third-order valence-corrected chi connectivity index (χ3v) is 4.62. The van der Waals surface area contributed by atoms with Crippen molar-refractivity contribution in [2.75, 3.05) is 5.32 Å². The molecular weight excluding hydrogens is 334 g/mol. The van der Waals surface area contributed by atoms with Crippen molar-refractivity contribution < 1.29 is 14.3 Å². The van der Waals surface area contributed by atoms with Crippen LogP contribution in [-0.2, 0) is 20.7 Å². The fourth-order valence-electron chi connectivity index (χ4n) is 2.50. The third kappa shape index (κ3) is 4.67. The number of carbonyl (C=O) groups is 2. The van der Waals surface area contributed by atoms with Gasteiger partial charge in [0.1, 0.15) is 0 Å². The average molecular weight is 353 g/mol. The molecule has 0 unspecified atom stereocenters. The zero-order valence-electron chi connectivity index (χ0n) is 13.9. The molecule has 1 heterocycles. The van der Waals surface area contributed by atoms with Gasteiger partial charge >= 0.3 is 5.97 Å². The van der Waals surface area contributed by atoms with Gasteiger partial charge in [-0.3, -0.25) is 9.59 Å². The summed E-state index contributed by atoms with van der Waals surface area (Å²) in [6.45, 7) is 1.58. The zero-order chi connectivity index (χ0) is 17.6. The molecule has 0 aliphatic rings. The van der Waals surface area contributed by atoms with Crippen LogP contribution >= 0.6 is 11.3 Å². The number of rotatable bonds is 6. The number of fused-ring (bicyclic) bond motifs is 1. The molecule has 4 nitrogen and oxygen atoms in total. The highest BCUT2D eigenvalue weighted by molar-refractivity contribution is 7.07. The summed E-state index contributed by atoms with van der Waals surface area (Å²) in [5.74, 6) is -0.702. The first-order valence-electron chi connectivity index (χ1n) is 8.12. The van der Waals surface area contributed by atoms with Crippen molar-refractivity contribution in [1.29, 1.82) is 0 Å². The van der Waals surface area contributed by atoms with Gasteiger partial charge in [-0.1, -0.05) is 30.3 Å². The highest BCUT2D eigenvalue weighted by atomic mass is 32.1. The maximum atomic E-state index is 12.2. The Morgan fingerprint density at radius 1 is 1.12 bits per heavy atom. The minimum atomic E-state index is -0.832. The summed E-state index contributed by atoms with van der Waals surface area (Å²) in [6.07, 6.45) is 0.0625. The van der Waals surface area contributed by atoms with E-state index < -0.39 is 6.10 Å². The molecule has 3 rings (SSSR count). The van der Waals surface area contributed by atoms with Gasteiger partial charge in [0.15, 0.2) is 6.10 Å². The quantitative estimate of drug-likeness (QED) is 0.668. The van der Waals surface area contributed by atoms with Crippen LogP contribution < -0.4 is 5.32 Å². The van der Waals surface area contributed by atoms with Crippen molar-refractivity contribution in [2.24, 2.45) is 0 Å². The van der Waals surface area contributed by atoms with Gasteiger partial charge in [0, 0.05) is 12.1 Å². The molecule has 1 amide bonds. The minimum absolute atomic E-state index is 0.268. The molecule has 0 saturated heterocycles. The second-order valence-electron chi connectivity index (χ2n) is 5.81. The zero-order valence-corrected chi connectivity index (χ0v) is 14.7. The molecule has 1 aromatic heterocycles. The van der Waals surface area contributed by atoms with Gasteiger partial charge in [0.2, 0.25) is 0 Å². The van der Waals surface area contributed by atoms with E-state index in [1.807, 2.05) is 59.3 Å². The Bertz CT molecular complexity index is 874. The third-order valence-electron chi connectivity index (χ3n) is 3.89. The summed E-state index contributed by atoms with van der Waals surface area (Å²) in [7, 11) is 0. The number of ether oxygens (including phenoxy) is 1. The van der Waals surface area contributed by atoms with E-state index in [-0.39, 0.29) is 18.3 Å². The lowest BCUT2D eigenvalue weighted by molar-refractivity contribution is -0.153. The lowest BCUT2D eigenvalue weighted by Gasteiger charge is -2.14. The minimum Gasteiger partial charge on any atom is -0.453 e. The van der Waals surface area contributed by atoms with E-state index in [0.29, 0.717) is 12.1 Å². The average Bonchev–Trinajstić information content (AvgIpc) is 3.13. The molecule has 0 bridgehead atoms. The van der Waals surface area contributed by atoms with E-state index in [4.69, 9.17) is 4.74 Å². The Morgan fingerprint density at radius 3 is 2.68 bits per heavy atom. The molecule has 25 heavy (non-hydrogen) atoms. The van der Waals surface area contributed by atoms with Gasteiger partial charge in [0.05, 0.1) is 0 Å². The van der Waals surface area contributed by atoms with Crippen LogP contribution in [0.1, 0.15) is 18.9 Å². The highest BCUT2D eigenvalue weighted by Crippen LogP contribution is 2.19. The number of benzene rings is 2. The fourth-order valence-corrected chi connectivity index (χ4v) is 3.21. The van der Waals surface area contributed by atoms with Crippen LogP contribution in [0.5, 0.6) is 0 Å². The molecule has 3 aromatic rings. The molecular formula is C20H19NO3S. The van der Waals surface area contributed by atoms with Crippen LogP contribution in [0.25, 0.3) is 10.8 Å². The molecule has 128 valence electrons. The summed E-state index contributed by atoms with van der Waals surface area (Å²) < 4.78 is 5.22. The SMILES string of the molecule is C[C@H](OC(=O)CCc1ccsc1)C(=O)Nc1ccc2ccccc2c1. The van der Waals surface area contributed by atoms with Gasteiger partial charge in [-0.25, -0.2) is 0 Å². The molecule has 2 aromatic carbocycles. The molecule has 1 atom stereocenters. The maximum absolute atomic E-state index is 12.2. The van der Waals surface area contributed by atoms with Crippen molar-refractivity contribution in [2.45, 2.75) is 25.9 Å². The van der Waals surface area contributed by atoms with Crippen LogP contribution in [0.15, 0.2) is 59.3 Å². The highest BCUT2D eigenvalue weighted by Gasteiger charge is 2.18. The molecule has 1 N–H and O–H groups in total. The number of amides is 1. The molecule has 0 fully saturated rings. The Kier molecular flexibility index (Phi) is 5.46. The lowest BCUT2D eigenvalue weighted by Crippen LogP contribution is -2.30. The smallest absolute Gasteiger partial charge is 0.306 e. The topological polar surface area (TPSA) is 55.4 Å². The Labute approximate surface area is 150 Å². The van der Waals surface area contributed by atoms with E-state index >= 15 is 0 Å². The number of hydrogen-bond donors (Lipinski definition) is 1. The molecule has 5 heteroatoms. The number of anilines is 1. The Morgan fingerprint density at radius 2 is 1.92 bits per heavy atom. The largest absolute Gasteiger partial charge is 0.453 e. The van der Waals surface area contributed by atoms with Crippen LogP contribution in [0.3, 0.4) is 0 Å². The summed E-state index contributed by atoms with van der Waals surface area (Å²) in [5, 5.41) is 8.92. The monoisotopic (exact) mass is 353 g/mol. The summed E-state index contributed by atoms with van der Waals surface area (Å²) in [5.41, 5.74) is 1.79. The summed E-state index contributed by atoms with van der Waals surface area (Å²) in [4.78, 5) is 24.1.